The molecule has 0 aliphatic carbocycles. The SMILES string of the molecule is Cc1cc(OCc2ccc(F)cc2F)c(Br)c(=O)n1-c1cnc(S(C)(=O)=O)nc1. The predicted molar refractivity (Wildman–Crippen MR) is 104 cm³/mol. The van der Waals surface area contributed by atoms with Gasteiger partial charge in [-0.3, -0.25) is 9.36 Å². The van der Waals surface area contributed by atoms with Gasteiger partial charge in [-0.15, -0.1) is 0 Å². The van der Waals surface area contributed by atoms with Crippen LogP contribution in [0.4, 0.5) is 8.78 Å². The van der Waals surface area contributed by atoms with E-state index in [4.69, 9.17) is 4.74 Å². The monoisotopic (exact) mass is 485 g/mol. The highest BCUT2D eigenvalue weighted by Crippen LogP contribution is 2.25. The van der Waals surface area contributed by atoms with E-state index in [-0.39, 0.29) is 33.2 Å². The van der Waals surface area contributed by atoms with E-state index < -0.39 is 27.0 Å². The highest BCUT2D eigenvalue weighted by atomic mass is 79.9. The number of sulfone groups is 1. The normalized spacial score (nSPS) is 11.5. The van der Waals surface area contributed by atoms with Crippen LogP contribution in [0.25, 0.3) is 5.69 Å². The number of aromatic nitrogens is 3. The third-order valence-corrected chi connectivity index (χ3v) is 5.51. The molecular weight excluding hydrogens is 472 g/mol. The smallest absolute Gasteiger partial charge is 0.273 e. The summed E-state index contributed by atoms with van der Waals surface area (Å²) in [4.78, 5) is 20.3. The minimum atomic E-state index is -3.57. The van der Waals surface area contributed by atoms with Gasteiger partial charge in [-0.05, 0) is 35.0 Å². The van der Waals surface area contributed by atoms with Crippen molar-refractivity contribution in [2.45, 2.75) is 18.7 Å². The summed E-state index contributed by atoms with van der Waals surface area (Å²) < 4.78 is 56.6. The molecule has 0 aliphatic rings. The molecule has 7 nitrogen and oxygen atoms in total. The summed E-state index contributed by atoms with van der Waals surface area (Å²) in [6.45, 7) is 1.42. The molecule has 3 aromatic rings. The van der Waals surface area contributed by atoms with Crippen LogP contribution in [0.2, 0.25) is 0 Å². The van der Waals surface area contributed by atoms with Crippen LogP contribution in [0, 0.1) is 18.6 Å². The van der Waals surface area contributed by atoms with Crippen molar-refractivity contribution in [3.8, 4) is 11.4 Å². The van der Waals surface area contributed by atoms with E-state index in [9.17, 15) is 22.0 Å². The zero-order valence-electron chi connectivity index (χ0n) is 15.2. The first-order valence-electron chi connectivity index (χ1n) is 8.09. The molecule has 1 aromatic carbocycles. The summed E-state index contributed by atoms with van der Waals surface area (Å²) in [5, 5.41) is -0.354. The summed E-state index contributed by atoms with van der Waals surface area (Å²) in [6.07, 6.45) is 3.42. The van der Waals surface area contributed by atoms with Crippen LogP contribution < -0.4 is 10.3 Å². The largest absolute Gasteiger partial charge is 0.487 e. The molecule has 0 N–H and O–H groups in total. The number of rotatable bonds is 5. The summed E-state index contributed by atoms with van der Waals surface area (Å²) in [6, 6.07) is 4.65. The number of nitrogens with zero attached hydrogens (tertiary/aromatic N) is 3. The molecule has 29 heavy (non-hydrogen) atoms. The number of pyridine rings is 1. The van der Waals surface area contributed by atoms with E-state index in [1.807, 2.05) is 0 Å². The van der Waals surface area contributed by atoms with Gasteiger partial charge in [0.05, 0.1) is 18.1 Å². The topological polar surface area (TPSA) is 91.2 Å². The molecule has 11 heteroatoms. The Morgan fingerprint density at radius 2 is 1.83 bits per heavy atom. The van der Waals surface area contributed by atoms with Crippen LogP contribution in [0.1, 0.15) is 11.3 Å². The van der Waals surface area contributed by atoms with Crippen LogP contribution in [-0.2, 0) is 16.4 Å². The van der Waals surface area contributed by atoms with Gasteiger partial charge in [0.15, 0.2) is 0 Å². The van der Waals surface area contributed by atoms with E-state index >= 15 is 0 Å². The Bertz CT molecular complexity index is 1250. The molecule has 3 rings (SSSR count). The number of hydrogen-bond donors (Lipinski definition) is 0. The van der Waals surface area contributed by atoms with Crippen molar-refractivity contribution in [3.63, 3.8) is 0 Å². The number of hydrogen-bond acceptors (Lipinski definition) is 6. The van der Waals surface area contributed by atoms with Crippen LogP contribution in [0.3, 0.4) is 0 Å². The minimum absolute atomic E-state index is 0.0674. The lowest BCUT2D eigenvalue weighted by molar-refractivity contribution is 0.296. The van der Waals surface area contributed by atoms with Crippen molar-refractivity contribution in [2.75, 3.05) is 6.26 Å². The molecule has 0 atom stereocenters. The van der Waals surface area contributed by atoms with E-state index in [2.05, 4.69) is 25.9 Å². The molecule has 0 amide bonds. The van der Waals surface area contributed by atoms with Gasteiger partial charge in [0.1, 0.15) is 28.5 Å². The van der Waals surface area contributed by atoms with Gasteiger partial charge in [-0.25, -0.2) is 27.2 Å². The van der Waals surface area contributed by atoms with E-state index in [1.165, 1.54) is 29.1 Å². The Balaban J connectivity index is 1.93. The van der Waals surface area contributed by atoms with Crippen LogP contribution in [-0.4, -0.2) is 29.2 Å². The number of ether oxygens (including phenoxy) is 1. The number of benzene rings is 1. The molecule has 0 spiro atoms. The van der Waals surface area contributed by atoms with E-state index in [0.29, 0.717) is 5.69 Å². The second-order valence-corrected chi connectivity index (χ2v) is 8.83. The van der Waals surface area contributed by atoms with E-state index in [1.54, 1.807) is 6.92 Å². The van der Waals surface area contributed by atoms with Crippen molar-refractivity contribution in [1.29, 1.82) is 0 Å². The van der Waals surface area contributed by atoms with Gasteiger partial charge in [-0.1, -0.05) is 0 Å². The summed E-state index contributed by atoms with van der Waals surface area (Å²) in [5.41, 5.74) is 0.334. The first-order valence-corrected chi connectivity index (χ1v) is 10.8. The standard InChI is InChI=1S/C18H14BrF2N3O4S/c1-10-5-15(28-9-11-3-4-12(20)6-14(11)21)16(19)17(25)24(10)13-7-22-18(23-8-13)29(2,26)27/h3-8H,9H2,1-2H3. The molecule has 0 radical (unpaired) electrons. The maximum absolute atomic E-state index is 13.8. The average Bonchev–Trinajstić information content (AvgIpc) is 2.64. The fraction of sp³-hybridized carbons (Fsp3) is 0.167. The Kier molecular flexibility index (Phi) is 5.80. The Morgan fingerprint density at radius 1 is 1.17 bits per heavy atom. The summed E-state index contributed by atoms with van der Waals surface area (Å²) >= 11 is 3.16. The second-order valence-electron chi connectivity index (χ2n) is 6.12. The van der Waals surface area contributed by atoms with Crippen molar-refractivity contribution >= 4 is 25.8 Å². The fourth-order valence-electron chi connectivity index (χ4n) is 2.52. The van der Waals surface area contributed by atoms with Crippen molar-refractivity contribution in [2.24, 2.45) is 0 Å². The second kappa shape index (κ2) is 7.99. The first kappa shape index (κ1) is 21.1. The van der Waals surface area contributed by atoms with Gasteiger partial charge >= 0.3 is 0 Å². The summed E-state index contributed by atoms with van der Waals surface area (Å²) in [7, 11) is -3.57. The number of aryl methyl sites for hydroxylation is 1. The minimum Gasteiger partial charge on any atom is -0.487 e. The Hall–Kier alpha value is -2.66. The van der Waals surface area contributed by atoms with Crippen molar-refractivity contribution in [1.82, 2.24) is 14.5 Å². The lowest BCUT2D eigenvalue weighted by atomic mass is 10.2. The maximum Gasteiger partial charge on any atom is 0.273 e. The van der Waals surface area contributed by atoms with Crippen LogP contribution in [0.15, 0.2) is 51.1 Å². The first-order chi connectivity index (χ1) is 13.6. The highest BCUT2D eigenvalue weighted by molar-refractivity contribution is 9.10. The lowest BCUT2D eigenvalue weighted by Gasteiger charge is -2.14. The number of halogens is 3. The zero-order chi connectivity index (χ0) is 21.3. The Morgan fingerprint density at radius 3 is 2.41 bits per heavy atom. The van der Waals surface area contributed by atoms with Crippen LogP contribution in [0.5, 0.6) is 5.75 Å². The predicted octanol–water partition coefficient (Wildman–Crippen LogP) is 2.96. The highest BCUT2D eigenvalue weighted by Gasteiger charge is 2.16. The van der Waals surface area contributed by atoms with Crippen LogP contribution >= 0.6 is 15.9 Å². The molecule has 0 unspecified atom stereocenters. The summed E-state index contributed by atoms with van der Waals surface area (Å²) in [5.74, 6) is -1.29. The quantitative estimate of drug-likeness (QED) is 0.516. The molecule has 0 bridgehead atoms. The van der Waals surface area contributed by atoms with Crippen molar-refractivity contribution < 1.29 is 21.9 Å². The molecule has 152 valence electrons. The molecule has 2 aromatic heterocycles. The molecule has 0 saturated heterocycles. The van der Waals surface area contributed by atoms with Gasteiger partial charge < -0.3 is 4.74 Å². The van der Waals surface area contributed by atoms with E-state index in [0.717, 1.165) is 18.4 Å². The molecular formula is C18H14BrF2N3O4S. The molecule has 2 heterocycles. The third-order valence-electron chi connectivity index (χ3n) is 3.90. The fourth-order valence-corrected chi connectivity index (χ4v) is 3.41. The van der Waals surface area contributed by atoms with Gasteiger partial charge in [0.2, 0.25) is 15.0 Å². The zero-order valence-corrected chi connectivity index (χ0v) is 17.6. The molecule has 0 saturated carbocycles. The van der Waals surface area contributed by atoms with Gasteiger partial charge in [-0.2, -0.15) is 0 Å². The molecule has 0 aliphatic heterocycles. The average molecular weight is 486 g/mol. The van der Waals surface area contributed by atoms with Crippen molar-refractivity contribution in [3.05, 3.63) is 74.4 Å². The lowest BCUT2D eigenvalue weighted by Crippen LogP contribution is -2.22. The maximum atomic E-state index is 13.8. The van der Waals surface area contributed by atoms with Gasteiger partial charge in [0, 0.05) is 29.6 Å². The molecule has 0 fully saturated rings. The third kappa shape index (κ3) is 4.51. The Labute approximate surface area is 173 Å². The van der Waals surface area contributed by atoms with Gasteiger partial charge in [0.25, 0.3) is 5.56 Å².